The molecule has 0 aromatic carbocycles. The molecular weight excluding hydrogens is 560 g/mol. The molecule has 0 radical (unpaired) electrons. The second-order valence-corrected chi connectivity index (χ2v) is 9.33. The van der Waals surface area contributed by atoms with Crippen LogP contribution in [0.25, 0.3) is 0 Å². The average Bonchev–Trinajstić information content (AvgIpc) is 3.59. The van der Waals surface area contributed by atoms with Crippen molar-refractivity contribution in [2.24, 2.45) is 11.8 Å². The minimum atomic E-state index is -5.08. The van der Waals surface area contributed by atoms with Crippen molar-refractivity contribution in [3.63, 3.8) is 0 Å². The van der Waals surface area contributed by atoms with Gasteiger partial charge in [-0.15, -0.1) is 0 Å². The Morgan fingerprint density at radius 1 is 1.07 bits per heavy atom. The molecule has 3 fully saturated rings. The maximum Gasteiger partial charge on any atom is 0.490 e. The summed E-state index contributed by atoms with van der Waals surface area (Å²) in [5.74, 6) is -4.81. The van der Waals surface area contributed by atoms with Crippen LogP contribution < -0.4 is 0 Å². The lowest BCUT2D eigenvalue weighted by atomic mass is 9.75. The van der Waals surface area contributed by atoms with Gasteiger partial charge >= 0.3 is 24.3 Å². The molecule has 1 spiro atoms. The van der Waals surface area contributed by atoms with Crippen molar-refractivity contribution in [3.8, 4) is 0 Å². The molecule has 0 saturated carbocycles. The molecule has 12 nitrogen and oxygen atoms in total. The Bertz CT molecular complexity index is 1020. The lowest BCUT2D eigenvalue weighted by Crippen LogP contribution is -2.56. The van der Waals surface area contributed by atoms with E-state index in [0.29, 0.717) is 31.3 Å². The summed E-state index contributed by atoms with van der Waals surface area (Å²) in [5, 5.41) is 20.9. The zero-order chi connectivity index (χ0) is 30.5. The van der Waals surface area contributed by atoms with Gasteiger partial charge in [0.2, 0.25) is 5.91 Å². The van der Waals surface area contributed by atoms with Gasteiger partial charge in [0.05, 0.1) is 18.1 Å². The molecule has 1 aromatic rings. The first-order valence-corrected chi connectivity index (χ1v) is 11.8. The number of halogens is 6. The number of nitrogens with one attached hydrogen (secondary N) is 1. The third kappa shape index (κ3) is 7.61. The maximum absolute atomic E-state index is 12.9. The van der Waals surface area contributed by atoms with Gasteiger partial charge in [0.25, 0.3) is 5.91 Å². The molecule has 3 saturated heterocycles. The number of piperidine rings is 1. The lowest BCUT2D eigenvalue weighted by Gasteiger charge is -2.46. The summed E-state index contributed by atoms with van der Waals surface area (Å²) in [5.41, 5.74) is 0.412. The van der Waals surface area contributed by atoms with Crippen molar-refractivity contribution >= 4 is 23.8 Å². The number of methoxy groups -OCH3 is 1. The highest BCUT2D eigenvalue weighted by Crippen LogP contribution is 2.48. The molecule has 0 bridgehead atoms. The molecule has 3 aliphatic rings. The number of H-pyrrole nitrogens is 1. The Kier molecular flexibility index (Phi) is 10.5. The summed E-state index contributed by atoms with van der Waals surface area (Å²) < 4.78 is 68.7. The van der Waals surface area contributed by atoms with E-state index in [1.165, 1.54) is 0 Å². The first-order chi connectivity index (χ1) is 18.5. The van der Waals surface area contributed by atoms with E-state index < -0.39 is 24.3 Å². The van der Waals surface area contributed by atoms with Crippen molar-refractivity contribution < 1.29 is 60.5 Å². The number of carbonyl (C=O) groups is 4. The molecule has 18 heteroatoms. The molecular formula is C22H29F6N5O7. The Morgan fingerprint density at radius 2 is 1.60 bits per heavy atom. The summed E-state index contributed by atoms with van der Waals surface area (Å²) in [6.45, 7) is 4.70. The smallest absolute Gasteiger partial charge is 0.475 e. The molecule has 1 aromatic heterocycles. The van der Waals surface area contributed by atoms with Gasteiger partial charge in [0, 0.05) is 59.0 Å². The topological polar surface area (TPSA) is 156 Å². The quantitative estimate of drug-likeness (QED) is 0.441. The van der Waals surface area contributed by atoms with Crippen molar-refractivity contribution in [1.29, 1.82) is 0 Å². The first-order valence-electron chi connectivity index (χ1n) is 11.8. The Morgan fingerprint density at radius 3 is 2.02 bits per heavy atom. The largest absolute Gasteiger partial charge is 0.490 e. The fourth-order valence-electron chi connectivity index (χ4n) is 5.15. The number of aromatic amines is 1. The molecule has 4 rings (SSSR count). The number of aliphatic carboxylic acids is 2. The number of alkyl halides is 6. The summed E-state index contributed by atoms with van der Waals surface area (Å²) in [7, 11) is 3.66. The molecule has 0 aliphatic carbocycles. The lowest BCUT2D eigenvalue weighted by molar-refractivity contribution is -0.193. The molecule has 3 aliphatic heterocycles. The number of amides is 2. The highest BCUT2D eigenvalue weighted by Gasteiger charge is 2.60. The van der Waals surface area contributed by atoms with Crippen molar-refractivity contribution in [1.82, 2.24) is 24.9 Å². The fourth-order valence-corrected chi connectivity index (χ4v) is 5.15. The van der Waals surface area contributed by atoms with Gasteiger partial charge in [-0.05, 0) is 18.9 Å². The highest BCUT2D eigenvalue weighted by atomic mass is 19.4. The van der Waals surface area contributed by atoms with Crippen LogP contribution in [0.5, 0.6) is 0 Å². The summed E-state index contributed by atoms with van der Waals surface area (Å²) in [4.78, 5) is 49.4. The van der Waals surface area contributed by atoms with E-state index in [-0.39, 0.29) is 23.3 Å². The van der Waals surface area contributed by atoms with E-state index in [4.69, 9.17) is 24.5 Å². The van der Waals surface area contributed by atoms with E-state index in [1.54, 1.807) is 19.4 Å². The van der Waals surface area contributed by atoms with Crippen LogP contribution in [0.2, 0.25) is 0 Å². The number of nitrogens with zero attached hydrogens (tertiary/aromatic N) is 4. The SMILES string of the molecule is COCCN1CC2C(=O)N(C)C3(CCN(C(=O)c4ccn[nH]4)CC3)C2C1.O=C(O)C(F)(F)F.O=C(O)C(F)(F)F. The number of hydrogen-bond donors (Lipinski definition) is 3. The van der Waals surface area contributed by atoms with E-state index in [2.05, 4.69) is 15.1 Å². The van der Waals surface area contributed by atoms with Crippen LogP contribution in [0, 0.1) is 11.8 Å². The van der Waals surface area contributed by atoms with Crippen LogP contribution in [0.3, 0.4) is 0 Å². The number of aromatic nitrogens is 2. The Balaban J connectivity index is 0.000000333. The molecule has 3 N–H and O–H groups in total. The van der Waals surface area contributed by atoms with E-state index in [9.17, 15) is 35.9 Å². The third-order valence-corrected chi connectivity index (χ3v) is 7.15. The fraction of sp³-hybridized carbons (Fsp3) is 0.682. The van der Waals surface area contributed by atoms with E-state index in [0.717, 1.165) is 32.5 Å². The third-order valence-electron chi connectivity index (χ3n) is 7.15. The van der Waals surface area contributed by atoms with Gasteiger partial charge in [0.15, 0.2) is 0 Å². The second kappa shape index (κ2) is 12.8. The first kappa shape index (κ1) is 32.8. The second-order valence-electron chi connectivity index (χ2n) is 9.33. The molecule has 226 valence electrons. The van der Waals surface area contributed by atoms with Crippen LogP contribution in [0.15, 0.2) is 12.3 Å². The number of ether oxygens (including phenoxy) is 1. The summed E-state index contributed by atoms with van der Waals surface area (Å²) in [6, 6.07) is 1.71. The van der Waals surface area contributed by atoms with Gasteiger partial charge in [-0.2, -0.15) is 31.4 Å². The van der Waals surface area contributed by atoms with E-state index >= 15 is 0 Å². The molecule has 4 heterocycles. The number of carbonyl (C=O) groups excluding carboxylic acids is 2. The average molecular weight is 589 g/mol. The molecule has 2 atom stereocenters. The van der Waals surface area contributed by atoms with Gasteiger partial charge in [-0.1, -0.05) is 0 Å². The monoisotopic (exact) mass is 589 g/mol. The van der Waals surface area contributed by atoms with Crippen molar-refractivity contribution in [3.05, 3.63) is 18.0 Å². The Hall–Kier alpha value is -3.41. The number of rotatable bonds is 4. The molecule has 40 heavy (non-hydrogen) atoms. The minimum Gasteiger partial charge on any atom is -0.475 e. The van der Waals surface area contributed by atoms with Crippen LogP contribution in [-0.4, -0.2) is 130 Å². The van der Waals surface area contributed by atoms with Gasteiger partial charge in [0.1, 0.15) is 5.69 Å². The summed E-state index contributed by atoms with van der Waals surface area (Å²) in [6.07, 6.45) is -6.89. The van der Waals surface area contributed by atoms with E-state index in [1.807, 2.05) is 16.8 Å². The minimum absolute atomic E-state index is 0.00554. The molecule has 2 amide bonds. The van der Waals surface area contributed by atoms with Crippen molar-refractivity contribution in [2.45, 2.75) is 30.7 Å². The summed E-state index contributed by atoms with van der Waals surface area (Å²) >= 11 is 0. The number of carboxylic acid groups (broad SMARTS) is 2. The predicted molar refractivity (Wildman–Crippen MR) is 122 cm³/mol. The predicted octanol–water partition coefficient (Wildman–Crippen LogP) is 1.32. The number of hydrogen-bond acceptors (Lipinski definition) is 7. The maximum atomic E-state index is 12.9. The number of carboxylic acids is 2. The van der Waals surface area contributed by atoms with Gasteiger partial charge in [-0.3, -0.25) is 19.6 Å². The van der Waals surface area contributed by atoms with Gasteiger partial charge < -0.3 is 24.7 Å². The normalized spacial score (nSPS) is 22.2. The van der Waals surface area contributed by atoms with Crippen molar-refractivity contribution in [2.75, 3.05) is 53.5 Å². The number of likely N-dealkylation sites (tertiary alicyclic amines) is 3. The highest BCUT2D eigenvalue weighted by molar-refractivity contribution is 5.92. The standard InChI is InChI=1S/C18H27N5O3.2C2HF3O2/c1-21-16(24)13-11-22(9-10-26-2)12-14(13)18(21)4-7-23(8-5-18)17(25)15-3-6-19-20-15;2*3-2(4,5)1(6)7/h3,6,13-14H,4-5,7-12H2,1-2H3,(H,19,20);2*(H,6,7). The Labute approximate surface area is 223 Å². The van der Waals surface area contributed by atoms with Crippen LogP contribution in [0.1, 0.15) is 23.3 Å². The molecule has 2 unspecified atom stereocenters. The number of fused-ring (bicyclic) bond motifs is 2. The zero-order valence-electron chi connectivity index (χ0n) is 21.5. The van der Waals surface area contributed by atoms with Crippen LogP contribution in [0.4, 0.5) is 26.3 Å². The zero-order valence-corrected chi connectivity index (χ0v) is 21.5. The van der Waals surface area contributed by atoms with Gasteiger partial charge in [-0.25, -0.2) is 9.59 Å². The van der Waals surface area contributed by atoms with Crippen LogP contribution in [-0.2, 0) is 19.1 Å². The van der Waals surface area contributed by atoms with Crippen LogP contribution >= 0.6 is 0 Å².